The zero-order valence-electron chi connectivity index (χ0n) is 13.9. The van der Waals surface area contributed by atoms with E-state index in [1.807, 2.05) is 55.5 Å². The van der Waals surface area contributed by atoms with E-state index < -0.39 is 0 Å². The molecule has 0 atom stereocenters. The molecule has 0 saturated heterocycles. The van der Waals surface area contributed by atoms with Crippen LogP contribution in [-0.2, 0) is 11.2 Å². The number of amides is 1. The summed E-state index contributed by atoms with van der Waals surface area (Å²) in [6.45, 7) is 3.04. The van der Waals surface area contributed by atoms with Gasteiger partial charge in [0.1, 0.15) is 18.1 Å². The molecule has 0 aliphatic heterocycles. The fraction of sp³-hybridized carbons (Fsp3) is 0.316. The van der Waals surface area contributed by atoms with Gasteiger partial charge in [-0.15, -0.1) is 0 Å². The van der Waals surface area contributed by atoms with E-state index >= 15 is 0 Å². The molecule has 0 radical (unpaired) electrons. The molecule has 4 heteroatoms. The van der Waals surface area contributed by atoms with Crippen molar-refractivity contribution in [1.82, 2.24) is 4.90 Å². The first-order chi connectivity index (χ1) is 11.1. The Morgan fingerprint density at radius 2 is 1.70 bits per heavy atom. The molecule has 0 aliphatic carbocycles. The average molecular weight is 313 g/mol. The molecular formula is C19H23NO3. The monoisotopic (exact) mass is 313 g/mol. The highest BCUT2D eigenvalue weighted by Crippen LogP contribution is 2.16. The standard InChI is InChI=1S/C19H23NO3/c1-15-6-4-5-7-16(15)14-19(21)20(2)12-13-23-18-10-8-17(22-3)9-11-18/h4-11H,12-14H2,1-3H3. The molecule has 2 rings (SSSR count). The first-order valence-electron chi connectivity index (χ1n) is 7.65. The Balaban J connectivity index is 1.78. The summed E-state index contributed by atoms with van der Waals surface area (Å²) in [5, 5.41) is 0. The second-order valence-corrected chi connectivity index (χ2v) is 5.44. The van der Waals surface area contributed by atoms with Crippen molar-refractivity contribution in [3.8, 4) is 11.5 Å². The van der Waals surface area contributed by atoms with E-state index in [2.05, 4.69) is 0 Å². The highest BCUT2D eigenvalue weighted by Gasteiger charge is 2.11. The molecule has 0 saturated carbocycles. The second kappa shape index (κ2) is 8.22. The van der Waals surface area contributed by atoms with Crippen LogP contribution in [0.15, 0.2) is 48.5 Å². The molecule has 0 aromatic heterocycles. The van der Waals surface area contributed by atoms with Crippen LogP contribution in [0.3, 0.4) is 0 Å². The molecule has 0 heterocycles. The first-order valence-corrected chi connectivity index (χ1v) is 7.65. The predicted molar refractivity (Wildman–Crippen MR) is 91.0 cm³/mol. The highest BCUT2D eigenvalue weighted by molar-refractivity contribution is 5.78. The first kappa shape index (κ1) is 16.9. The van der Waals surface area contributed by atoms with Crippen LogP contribution in [0.1, 0.15) is 11.1 Å². The van der Waals surface area contributed by atoms with E-state index in [9.17, 15) is 4.79 Å². The second-order valence-electron chi connectivity index (χ2n) is 5.44. The number of hydrogen-bond donors (Lipinski definition) is 0. The molecule has 4 nitrogen and oxygen atoms in total. The SMILES string of the molecule is COc1ccc(OCCN(C)C(=O)Cc2ccccc2C)cc1. The van der Waals surface area contributed by atoms with Gasteiger partial charge in [0, 0.05) is 7.05 Å². The smallest absolute Gasteiger partial charge is 0.226 e. The van der Waals surface area contributed by atoms with Crippen LogP contribution in [-0.4, -0.2) is 38.1 Å². The van der Waals surface area contributed by atoms with E-state index in [1.54, 1.807) is 19.1 Å². The summed E-state index contributed by atoms with van der Waals surface area (Å²) in [4.78, 5) is 13.9. The zero-order valence-corrected chi connectivity index (χ0v) is 13.9. The lowest BCUT2D eigenvalue weighted by Gasteiger charge is -2.18. The van der Waals surface area contributed by atoms with Gasteiger partial charge in [-0.05, 0) is 42.3 Å². The van der Waals surface area contributed by atoms with Gasteiger partial charge >= 0.3 is 0 Å². The molecule has 2 aromatic rings. The van der Waals surface area contributed by atoms with Crippen LogP contribution in [0.25, 0.3) is 0 Å². The summed E-state index contributed by atoms with van der Waals surface area (Å²) in [6, 6.07) is 15.4. The van der Waals surface area contributed by atoms with Gasteiger partial charge in [0.05, 0.1) is 20.1 Å². The van der Waals surface area contributed by atoms with Crippen molar-refractivity contribution in [2.75, 3.05) is 27.3 Å². The number of methoxy groups -OCH3 is 1. The molecule has 23 heavy (non-hydrogen) atoms. The van der Waals surface area contributed by atoms with Crippen molar-refractivity contribution in [3.05, 3.63) is 59.7 Å². The Labute approximate surface area is 137 Å². The third kappa shape index (κ3) is 5.02. The molecule has 0 bridgehead atoms. The molecule has 0 N–H and O–H groups in total. The highest BCUT2D eigenvalue weighted by atomic mass is 16.5. The van der Waals surface area contributed by atoms with Crippen molar-refractivity contribution in [3.63, 3.8) is 0 Å². The molecule has 0 aliphatic rings. The van der Waals surface area contributed by atoms with E-state index in [4.69, 9.17) is 9.47 Å². The number of nitrogens with zero attached hydrogens (tertiary/aromatic N) is 1. The fourth-order valence-electron chi connectivity index (χ4n) is 2.20. The Bertz CT molecular complexity index is 637. The summed E-state index contributed by atoms with van der Waals surface area (Å²) < 4.78 is 10.8. The van der Waals surface area contributed by atoms with Crippen LogP contribution < -0.4 is 9.47 Å². The Hall–Kier alpha value is -2.49. The largest absolute Gasteiger partial charge is 0.497 e. The molecule has 0 fully saturated rings. The number of benzene rings is 2. The quantitative estimate of drug-likeness (QED) is 0.788. The molecule has 122 valence electrons. The lowest BCUT2D eigenvalue weighted by Crippen LogP contribution is -2.32. The van der Waals surface area contributed by atoms with Crippen molar-refractivity contribution in [2.24, 2.45) is 0 Å². The summed E-state index contributed by atoms with van der Waals surface area (Å²) in [7, 11) is 3.43. The third-order valence-electron chi connectivity index (χ3n) is 3.78. The van der Waals surface area contributed by atoms with Gasteiger partial charge in [-0.2, -0.15) is 0 Å². The predicted octanol–water partition coefficient (Wildman–Crippen LogP) is 3.08. The molecule has 1 amide bonds. The minimum atomic E-state index is 0.0950. The molecule has 2 aromatic carbocycles. The maximum absolute atomic E-state index is 12.2. The Morgan fingerprint density at radius 1 is 1.04 bits per heavy atom. The van der Waals surface area contributed by atoms with Crippen molar-refractivity contribution >= 4 is 5.91 Å². The van der Waals surface area contributed by atoms with E-state index in [-0.39, 0.29) is 5.91 Å². The maximum atomic E-state index is 12.2. The van der Waals surface area contributed by atoms with Gasteiger partial charge in [-0.3, -0.25) is 4.79 Å². The number of carbonyl (C=O) groups is 1. The summed E-state index contributed by atoms with van der Waals surface area (Å²) in [5.74, 6) is 1.66. The van der Waals surface area contributed by atoms with Crippen LogP contribution in [0.4, 0.5) is 0 Å². The maximum Gasteiger partial charge on any atom is 0.226 e. The summed E-state index contributed by atoms with van der Waals surface area (Å²) in [5.41, 5.74) is 2.21. The zero-order chi connectivity index (χ0) is 16.7. The van der Waals surface area contributed by atoms with Crippen molar-refractivity contribution in [2.45, 2.75) is 13.3 Å². The van der Waals surface area contributed by atoms with Crippen LogP contribution in [0.2, 0.25) is 0 Å². The molecule has 0 spiro atoms. The topological polar surface area (TPSA) is 38.8 Å². The Morgan fingerprint density at radius 3 is 2.35 bits per heavy atom. The van der Waals surface area contributed by atoms with Gasteiger partial charge in [0.2, 0.25) is 5.91 Å². The number of rotatable bonds is 7. The number of carbonyl (C=O) groups excluding carboxylic acids is 1. The van der Waals surface area contributed by atoms with Crippen LogP contribution in [0, 0.1) is 6.92 Å². The fourth-order valence-corrected chi connectivity index (χ4v) is 2.20. The van der Waals surface area contributed by atoms with Gasteiger partial charge in [0.25, 0.3) is 0 Å². The Kier molecular flexibility index (Phi) is 6.03. The third-order valence-corrected chi connectivity index (χ3v) is 3.78. The van der Waals surface area contributed by atoms with Gasteiger partial charge in [-0.1, -0.05) is 24.3 Å². The van der Waals surface area contributed by atoms with Gasteiger partial charge in [0.15, 0.2) is 0 Å². The minimum absolute atomic E-state index is 0.0950. The number of hydrogen-bond acceptors (Lipinski definition) is 3. The minimum Gasteiger partial charge on any atom is -0.497 e. The number of aryl methyl sites for hydroxylation is 1. The average Bonchev–Trinajstić information content (AvgIpc) is 2.57. The summed E-state index contributed by atoms with van der Waals surface area (Å²) >= 11 is 0. The van der Waals surface area contributed by atoms with Crippen LogP contribution in [0.5, 0.6) is 11.5 Å². The lowest BCUT2D eigenvalue weighted by molar-refractivity contribution is -0.129. The van der Waals surface area contributed by atoms with E-state index in [1.165, 1.54) is 0 Å². The summed E-state index contributed by atoms with van der Waals surface area (Å²) in [6.07, 6.45) is 0.422. The molecular weight excluding hydrogens is 290 g/mol. The van der Waals surface area contributed by atoms with E-state index in [0.717, 1.165) is 22.6 Å². The van der Waals surface area contributed by atoms with Crippen LogP contribution >= 0.6 is 0 Å². The lowest BCUT2D eigenvalue weighted by atomic mass is 10.1. The number of likely N-dealkylation sites (N-methyl/N-ethyl adjacent to an activating group) is 1. The van der Waals surface area contributed by atoms with Gasteiger partial charge in [-0.25, -0.2) is 0 Å². The molecule has 0 unspecified atom stereocenters. The van der Waals surface area contributed by atoms with Crippen molar-refractivity contribution in [1.29, 1.82) is 0 Å². The van der Waals surface area contributed by atoms with Gasteiger partial charge < -0.3 is 14.4 Å². The van der Waals surface area contributed by atoms with E-state index in [0.29, 0.717) is 19.6 Å². The van der Waals surface area contributed by atoms with Crippen molar-refractivity contribution < 1.29 is 14.3 Å². The normalized spacial score (nSPS) is 10.2. The number of ether oxygens (including phenoxy) is 2.